The monoisotopic (exact) mass is 353 g/mol. The van der Waals surface area contributed by atoms with Crippen molar-refractivity contribution < 1.29 is 9.53 Å². The molecule has 1 unspecified atom stereocenters. The van der Waals surface area contributed by atoms with Crippen LogP contribution in [0.2, 0.25) is 0 Å². The predicted molar refractivity (Wildman–Crippen MR) is 100 cm³/mol. The number of rotatable bonds is 4. The first kappa shape index (κ1) is 17.3. The van der Waals surface area contributed by atoms with Crippen LogP contribution in [0.4, 0.5) is 0 Å². The van der Waals surface area contributed by atoms with Crippen molar-refractivity contribution in [2.24, 2.45) is 0 Å². The Morgan fingerprint density at radius 3 is 2.77 bits per heavy atom. The zero-order chi connectivity index (χ0) is 17.9. The highest BCUT2D eigenvalue weighted by atomic mass is 16.5. The molecule has 0 N–H and O–H groups in total. The normalized spacial score (nSPS) is 21.3. The van der Waals surface area contributed by atoms with Gasteiger partial charge < -0.3 is 9.64 Å². The van der Waals surface area contributed by atoms with Crippen LogP contribution in [0.5, 0.6) is 0 Å². The molecule has 138 valence electrons. The van der Waals surface area contributed by atoms with Crippen molar-refractivity contribution in [1.29, 1.82) is 0 Å². The van der Waals surface area contributed by atoms with E-state index in [-0.39, 0.29) is 12.0 Å². The molecule has 1 saturated carbocycles. The van der Waals surface area contributed by atoms with E-state index in [2.05, 4.69) is 21.9 Å². The molecule has 1 atom stereocenters. The summed E-state index contributed by atoms with van der Waals surface area (Å²) >= 11 is 0. The number of carbonyl (C=O) groups excluding carboxylic acids is 1. The van der Waals surface area contributed by atoms with Gasteiger partial charge in [-0.05, 0) is 25.3 Å². The standard InChI is InChI=1S/C21H27N3O2/c1-16-20(14-22-24(16)18-9-5-6-10-18)21(25)23-11-12-26-19(15-23)13-17-7-3-2-4-8-17/h2-4,7-8,14,18-19H,5-6,9-13,15H2,1H3. The van der Waals surface area contributed by atoms with Gasteiger partial charge in [0.05, 0.1) is 30.5 Å². The maximum atomic E-state index is 13.1. The van der Waals surface area contributed by atoms with E-state index in [0.29, 0.717) is 25.7 Å². The highest BCUT2D eigenvalue weighted by Gasteiger charge is 2.28. The molecule has 1 aliphatic carbocycles. The van der Waals surface area contributed by atoms with Gasteiger partial charge in [0.25, 0.3) is 5.91 Å². The van der Waals surface area contributed by atoms with Crippen molar-refractivity contribution in [3.63, 3.8) is 0 Å². The number of hydrogen-bond acceptors (Lipinski definition) is 3. The summed E-state index contributed by atoms with van der Waals surface area (Å²) in [6.07, 6.45) is 7.53. The molecule has 4 rings (SSSR count). The Hall–Kier alpha value is -2.14. The number of carbonyl (C=O) groups is 1. The molecule has 2 aromatic rings. The maximum absolute atomic E-state index is 13.1. The van der Waals surface area contributed by atoms with Crippen LogP contribution < -0.4 is 0 Å². The molecule has 0 radical (unpaired) electrons. The Morgan fingerprint density at radius 1 is 1.23 bits per heavy atom. The summed E-state index contributed by atoms with van der Waals surface area (Å²) in [5.41, 5.74) is 3.00. The summed E-state index contributed by atoms with van der Waals surface area (Å²) in [7, 11) is 0. The van der Waals surface area contributed by atoms with Crippen LogP contribution in [-0.2, 0) is 11.2 Å². The number of benzene rings is 1. The minimum absolute atomic E-state index is 0.0558. The Morgan fingerprint density at radius 2 is 2.00 bits per heavy atom. The smallest absolute Gasteiger partial charge is 0.257 e. The second-order valence-electron chi connectivity index (χ2n) is 7.46. The van der Waals surface area contributed by atoms with Gasteiger partial charge in [-0.15, -0.1) is 0 Å². The average molecular weight is 353 g/mol. The summed E-state index contributed by atoms with van der Waals surface area (Å²) in [5.74, 6) is 0.0908. The lowest BCUT2D eigenvalue weighted by molar-refractivity contribution is -0.0208. The number of morpholine rings is 1. The van der Waals surface area contributed by atoms with Crippen molar-refractivity contribution in [2.75, 3.05) is 19.7 Å². The number of aromatic nitrogens is 2. The average Bonchev–Trinajstić information content (AvgIpc) is 3.32. The summed E-state index contributed by atoms with van der Waals surface area (Å²) in [4.78, 5) is 15.0. The fourth-order valence-electron chi connectivity index (χ4n) is 4.22. The van der Waals surface area contributed by atoms with Gasteiger partial charge in [-0.1, -0.05) is 43.2 Å². The van der Waals surface area contributed by atoms with Gasteiger partial charge in [0, 0.05) is 25.2 Å². The Balaban J connectivity index is 1.44. The Kier molecular flexibility index (Phi) is 5.07. The molecule has 1 aromatic heterocycles. The van der Waals surface area contributed by atoms with Gasteiger partial charge in [-0.3, -0.25) is 9.48 Å². The zero-order valence-electron chi connectivity index (χ0n) is 15.4. The van der Waals surface area contributed by atoms with Crippen LogP contribution in [0.15, 0.2) is 36.5 Å². The third kappa shape index (κ3) is 3.54. The van der Waals surface area contributed by atoms with E-state index in [1.807, 2.05) is 30.0 Å². The second kappa shape index (κ2) is 7.62. The van der Waals surface area contributed by atoms with Crippen LogP contribution in [0.25, 0.3) is 0 Å². The fourth-order valence-corrected chi connectivity index (χ4v) is 4.22. The quantitative estimate of drug-likeness (QED) is 0.846. The van der Waals surface area contributed by atoms with Crippen LogP contribution in [-0.4, -0.2) is 46.4 Å². The van der Waals surface area contributed by atoms with Crippen LogP contribution in [0.3, 0.4) is 0 Å². The van der Waals surface area contributed by atoms with Gasteiger partial charge in [-0.2, -0.15) is 5.10 Å². The van der Waals surface area contributed by atoms with Crippen molar-refractivity contribution in [1.82, 2.24) is 14.7 Å². The van der Waals surface area contributed by atoms with Gasteiger partial charge >= 0.3 is 0 Å². The molecular weight excluding hydrogens is 326 g/mol. The molecule has 2 aliphatic rings. The molecule has 5 heteroatoms. The van der Waals surface area contributed by atoms with E-state index in [1.165, 1.54) is 31.2 Å². The van der Waals surface area contributed by atoms with Gasteiger partial charge in [0.1, 0.15) is 0 Å². The van der Waals surface area contributed by atoms with Crippen molar-refractivity contribution in [3.05, 3.63) is 53.3 Å². The zero-order valence-corrected chi connectivity index (χ0v) is 15.4. The van der Waals surface area contributed by atoms with E-state index in [4.69, 9.17) is 4.74 Å². The topological polar surface area (TPSA) is 47.4 Å². The lowest BCUT2D eigenvalue weighted by Crippen LogP contribution is -2.46. The van der Waals surface area contributed by atoms with E-state index < -0.39 is 0 Å². The maximum Gasteiger partial charge on any atom is 0.257 e. The molecule has 1 saturated heterocycles. The molecule has 1 aromatic carbocycles. The number of amides is 1. The van der Waals surface area contributed by atoms with Gasteiger partial charge in [0.2, 0.25) is 0 Å². The molecule has 2 fully saturated rings. The highest BCUT2D eigenvalue weighted by molar-refractivity contribution is 5.95. The molecular formula is C21H27N3O2. The lowest BCUT2D eigenvalue weighted by Gasteiger charge is -2.33. The number of ether oxygens (including phenoxy) is 1. The Labute approximate surface area is 154 Å². The molecule has 0 bridgehead atoms. The molecule has 1 amide bonds. The van der Waals surface area contributed by atoms with Crippen molar-refractivity contribution in [3.8, 4) is 0 Å². The summed E-state index contributed by atoms with van der Waals surface area (Å²) in [5, 5.41) is 4.54. The summed E-state index contributed by atoms with van der Waals surface area (Å²) in [6.45, 7) is 3.92. The molecule has 0 spiro atoms. The second-order valence-corrected chi connectivity index (χ2v) is 7.46. The van der Waals surface area contributed by atoms with E-state index in [0.717, 1.165) is 17.7 Å². The third-order valence-corrected chi connectivity index (χ3v) is 5.68. The highest BCUT2D eigenvalue weighted by Crippen LogP contribution is 2.30. The van der Waals surface area contributed by atoms with Crippen molar-refractivity contribution >= 4 is 5.91 Å². The molecule has 26 heavy (non-hydrogen) atoms. The lowest BCUT2D eigenvalue weighted by atomic mass is 10.1. The van der Waals surface area contributed by atoms with E-state index in [9.17, 15) is 4.79 Å². The summed E-state index contributed by atoms with van der Waals surface area (Å²) in [6, 6.07) is 10.8. The molecule has 5 nitrogen and oxygen atoms in total. The first-order valence-electron chi connectivity index (χ1n) is 9.71. The van der Waals surface area contributed by atoms with Gasteiger partial charge in [0.15, 0.2) is 0 Å². The minimum atomic E-state index is 0.0558. The largest absolute Gasteiger partial charge is 0.374 e. The van der Waals surface area contributed by atoms with E-state index in [1.54, 1.807) is 6.20 Å². The fraction of sp³-hybridized carbons (Fsp3) is 0.524. The van der Waals surface area contributed by atoms with Crippen LogP contribution in [0, 0.1) is 6.92 Å². The van der Waals surface area contributed by atoms with Gasteiger partial charge in [-0.25, -0.2) is 0 Å². The first-order chi connectivity index (χ1) is 12.7. The predicted octanol–water partition coefficient (Wildman–Crippen LogP) is 3.39. The first-order valence-corrected chi connectivity index (χ1v) is 9.71. The SMILES string of the molecule is Cc1c(C(=O)N2CCOC(Cc3ccccc3)C2)cnn1C1CCCC1. The molecule has 2 heterocycles. The summed E-state index contributed by atoms with van der Waals surface area (Å²) < 4.78 is 7.97. The number of nitrogens with zero attached hydrogens (tertiary/aromatic N) is 3. The van der Waals surface area contributed by atoms with Crippen molar-refractivity contribution in [2.45, 2.75) is 51.2 Å². The number of hydrogen-bond donors (Lipinski definition) is 0. The third-order valence-electron chi connectivity index (χ3n) is 5.68. The Bertz CT molecular complexity index is 750. The van der Waals surface area contributed by atoms with Crippen LogP contribution in [0.1, 0.15) is 53.3 Å². The minimum Gasteiger partial charge on any atom is -0.374 e. The molecule has 1 aliphatic heterocycles. The van der Waals surface area contributed by atoms with E-state index >= 15 is 0 Å². The van der Waals surface area contributed by atoms with Crippen LogP contribution >= 0.6 is 0 Å².